The summed E-state index contributed by atoms with van der Waals surface area (Å²) in [6, 6.07) is 11.0. The van der Waals surface area contributed by atoms with Gasteiger partial charge in [0.05, 0.1) is 5.69 Å². The Morgan fingerprint density at radius 3 is 2.50 bits per heavy atom. The minimum Gasteiger partial charge on any atom is -0.444 e. The highest BCUT2D eigenvalue weighted by Gasteiger charge is 2.24. The molecule has 8 heteroatoms. The van der Waals surface area contributed by atoms with Crippen LogP contribution in [-0.2, 0) is 4.74 Å². The van der Waals surface area contributed by atoms with Crippen molar-refractivity contribution in [2.75, 3.05) is 6.54 Å². The molecule has 1 atom stereocenters. The number of fused-ring (bicyclic) bond motifs is 1. The van der Waals surface area contributed by atoms with E-state index in [1.165, 1.54) is 18.5 Å². The van der Waals surface area contributed by atoms with Crippen molar-refractivity contribution in [2.24, 2.45) is 0 Å². The molecule has 0 bridgehead atoms. The first kappa shape index (κ1) is 23.2. The number of aromatic nitrogens is 3. The summed E-state index contributed by atoms with van der Waals surface area (Å²) in [5.41, 5.74) is 1.67. The number of nitrogens with zero attached hydrogens (tertiary/aromatic N) is 3. The number of rotatable bonds is 5. The van der Waals surface area contributed by atoms with E-state index in [0.29, 0.717) is 16.8 Å². The van der Waals surface area contributed by atoms with Crippen molar-refractivity contribution >= 4 is 16.9 Å². The maximum atomic E-state index is 14.1. The molecule has 0 spiro atoms. The molecule has 2 heterocycles. The second-order valence-electron chi connectivity index (χ2n) is 8.90. The van der Waals surface area contributed by atoms with Crippen LogP contribution >= 0.6 is 0 Å². The molecular weight excluding hydrogens is 438 g/mol. The van der Waals surface area contributed by atoms with E-state index in [4.69, 9.17) is 4.74 Å². The van der Waals surface area contributed by atoms with Gasteiger partial charge in [-0.2, -0.15) is 0 Å². The van der Waals surface area contributed by atoms with Crippen LogP contribution in [0.2, 0.25) is 0 Å². The number of halogens is 2. The fourth-order valence-electron chi connectivity index (χ4n) is 3.74. The number of pyridine rings is 1. The van der Waals surface area contributed by atoms with Crippen LogP contribution in [-0.4, -0.2) is 33.2 Å². The fourth-order valence-corrected chi connectivity index (χ4v) is 3.74. The van der Waals surface area contributed by atoms with Crippen LogP contribution in [0.1, 0.15) is 37.9 Å². The molecule has 1 amide bonds. The maximum absolute atomic E-state index is 14.1. The van der Waals surface area contributed by atoms with Crippen LogP contribution in [0.25, 0.3) is 21.9 Å². The topological polar surface area (TPSA) is 77.0 Å². The van der Waals surface area contributed by atoms with Gasteiger partial charge in [-0.15, -0.1) is 0 Å². The van der Waals surface area contributed by atoms with Gasteiger partial charge in [-0.1, -0.05) is 12.1 Å². The van der Waals surface area contributed by atoms with Gasteiger partial charge in [0.2, 0.25) is 0 Å². The molecule has 0 aliphatic carbocycles. The Hall–Kier alpha value is -3.94. The minimum atomic E-state index is -0.717. The molecule has 4 rings (SSSR count). The molecule has 1 unspecified atom stereocenters. The first-order valence-corrected chi connectivity index (χ1v) is 10.8. The predicted molar refractivity (Wildman–Crippen MR) is 125 cm³/mol. The number of carbonyl (C=O) groups is 1. The molecule has 0 saturated carbocycles. The van der Waals surface area contributed by atoms with Crippen LogP contribution in [0.4, 0.5) is 13.6 Å². The number of nitrogens with one attached hydrogen (secondary N) is 1. The van der Waals surface area contributed by atoms with Gasteiger partial charge in [0.15, 0.2) is 0 Å². The molecule has 2 aromatic carbocycles. The molecule has 1 N–H and O–H groups in total. The van der Waals surface area contributed by atoms with Gasteiger partial charge in [-0.05, 0) is 61.5 Å². The van der Waals surface area contributed by atoms with Crippen molar-refractivity contribution in [3.63, 3.8) is 0 Å². The summed E-state index contributed by atoms with van der Waals surface area (Å²) in [7, 11) is 0. The molecule has 0 aliphatic rings. The highest BCUT2D eigenvalue weighted by Crippen LogP contribution is 2.33. The van der Waals surface area contributed by atoms with E-state index in [9.17, 15) is 13.6 Å². The number of alkyl carbamates (subject to hydrolysis) is 1. The number of carbonyl (C=O) groups excluding carboxylic acids is 1. The summed E-state index contributed by atoms with van der Waals surface area (Å²) < 4.78 is 33.6. The molecule has 0 aliphatic heterocycles. The summed E-state index contributed by atoms with van der Waals surface area (Å²) >= 11 is 0. The van der Waals surface area contributed by atoms with Gasteiger partial charge in [0.1, 0.15) is 23.6 Å². The normalized spacial score (nSPS) is 12.4. The lowest BCUT2D eigenvalue weighted by atomic mass is 9.90. The third-order valence-electron chi connectivity index (χ3n) is 5.16. The molecule has 34 heavy (non-hydrogen) atoms. The summed E-state index contributed by atoms with van der Waals surface area (Å²) in [4.78, 5) is 25.1. The van der Waals surface area contributed by atoms with Crippen LogP contribution in [0.5, 0.6) is 0 Å². The van der Waals surface area contributed by atoms with Gasteiger partial charge >= 0.3 is 6.09 Å². The van der Waals surface area contributed by atoms with Crippen molar-refractivity contribution in [1.29, 1.82) is 0 Å². The molecule has 4 aromatic rings. The molecule has 0 fully saturated rings. The van der Waals surface area contributed by atoms with Gasteiger partial charge in [0, 0.05) is 48.1 Å². The first-order chi connectivity index (χ1) is 16.2. The summed E-state index contributed by atoms with van der Waals surface area (Å²) in [6.45, 7) is 5.27. The van der Waals surface area contributed by atoms with Crippen molar-refractivity contribution in [1.82, 2.24) is 20.3 Å². The fraction of sp³-hybridized carbons (Fsp3) is 0.231. The lowest BCUT2D eigenvalue weighted by Gasteiger charge is -2.23. The SMILES string of the molecule is CC(C)(C)OC(=O)NCC(c1cc(F)cc(F)c1)c1ncncc1-c1ccc2cnccc2c1. The number of amides is 1. The Balaban J connectivity index is 1.77. The third kappa shape index (κ3) is 5.51. The Bertz CT molecular complexity index is 1320. The van der Waals surface area contributed by atoms with E-state index < -0.39 is 29.2 Å². The first-order valence-electron chi connectivity index (χ1n) is 10.8. The number of hydrogen-bond acceptors (Lipinski definition) is 5. The van der Waals surface area contributed by atoms with Crippen LogP contribution < -0.4 is 5.32 Å². The summed E-state index contributed by atoms with van der Waals surface area (Å²) in [5.74, 6) is -2.10. The van der Waals surface area contributed by atoms with Crippen LogP contribution in [0.3, 0.4) is 0 Å². The number of hydrogen-bond donors (Lipinski definition) is 1. The standard InChI is InChI=1S/C26H24F2N4O2/c1-26(2,3)34-25(33)31-14-23(19-9-20(27)11-21(28)10-19)24-22(13-30-15-32-24)17-4-5-18-12-29-7-6-16(18)8-17/h4-13,15,23H,14H2,1-3H3,(H,31,33). The summed E-state index contributed by atoms with van der Waals surface area (Å²) in [5, 5.41) is 4.66. The van der Waals surface area contributed by atoms with E-state index in [1.807, 2.05) is 24.3 Å². The highest BCUT2D eigenvalue weighted by atomic mass is 19.1. The average molecular weight is 463 g/mol. The zero-order valence-electron chi connectivity index (χ0n) is 19.0. The zero-order chi connectivity index (χ0) is 24.3. The molecule has 0 saturated heterocycles. The Labute approximate surface area is 196 Å². The van der Waals surface area contributed by atoms with Crippen molar-refractivity contribution in [2.45, 2.75) is 32.3 Å². The lowest BCUT2D eigenvalue weighted by molar-refractivity contribution is 0.0526. The van der Waals surface area contributed by atoms with Crippen LogP contribution in [0.15, 0.2) is 67.4 Å². The van der Waals surface area contributed by atoms with Crippen LogP contribution in [0, 0.1) is 11.6 Å². The van der Waals surface area contributed by atoms with E-state index in [-0.39, 0.29) is 6.54 Å². The van der Waals surface area contributed by atoms with Gasteiger partial charge < -0.3 is 10.1 Å². The molecule has 6 nitrogen and oxygen atoms in total. The lowest BCUT2D eigenvalue weighted by Crippen LogP contribution is -2.35. The monoisotopic (exact) mass is 462 g/mol. The van der Waals surface area contributed by atoms with E-state index in [2.05, 4.69) is 20.3 Å². The second-order valence-corrected chi connectivity index (χ2v) is 8.90. The maximum Gasteiger partial charge on any atom is 0.407 e. The van der Waals surface area contributed by atoms with Gasteiger partial charge in [-0.25, -0.2) is 23.5 Å². The second kappa shape index (κ2) is 9.51. The van der Waals surface area contributed by atoms with E-state index >= 15 is 0 Å². The Kier molecular flexibility index (Phi) is 6.49. The van der Waals surface area contributed by atoms with Crippen molar-refractivity contribution in [3.05, 3.63) is 90.3 Å². The summed E-state index contributed by atoms with van der Waals surface area (Å²) in [6.07, 6.45) is 5.87. The number of benzene rings is 2. The third-order valence-corrected chi connectivity index (χ3v) is 5.16. The average Bonchev–Trinajstić information content (AvgIpc) is 2.77. The molecule has 0 radical (unpaired) electrons. The highest BCUT2D eigenvalue weighted by molar-refractivity contribution is 5.87. The van der Waals surface area contributed by atoms with Gasteiger partial charge in [-0.3, -0.25) is 4.98 Å². The molecular formula is C26H24F2N4O2. The Morgan fingerprint density at radius 2 is 1.76 bits per heavy atom. The van der Waals surface area contributed by atoms with E-state index in [1.54, 1.807) is 39.4 Å². The number of ether oxygens (including phenoxy) is 1. The van der Waals surface area contributed by atoms with Gasteiger partial charge in [0.25, 0.3) is 0 Å². The predicted octanol–water partition coefficient (Wildman–Crippen LogP) is 5.63. The van der Waals surface area contributed by atoms with Crippen molar-refractivity contribution in [3.8, 4) is 11.1 Å². The van der Waals surface area contributed by atoms with E-state index in [0.717, 1.165) is 22.4 Å². The quantitative estimate of drug-likeness (QED) is 0.416. The molecule has 2 aromatic heterocycles. The Morgan fingerprint density at radius 1 is 1.00 bits per heavy atom. The zero-order valence-corrected chi connectivity index (χ0v) is 19.0. The smallest absolute Gasteiger partial charge is 0.407 e. The van der Waals surface area contributed by atoms with Crippen molar-refractivity contribution < 1.29 is 18.3 Å². The largest absolute Gasteiger partial charge is 0.444 e. The molecule has 174 valence electrons. The minimum absolute atomic E-state index is 0.0132.